The molecule has 0 fully saturated rings. The van der Waals surface area contributed by atoms with E-state index in [-0.39, 0.29) is 23.1 Å². The zero-order valence-electron chi connectivity index (χ0n) is 17.6. The Morgan fingerprint density at radius 3 is 1.38 bits per heavy atom. The molecule has 2 N–H and O–H groups in total. The Hall–Kier alpha value is 0.590. The smallest absolute Gasteiger partial charge is 0.325 e. The topological polar surface area (TPSA) is 57.5 Å². The number of halogens is 1. The quantitative estimate of drug-likeness (QED) is 0.189. The number of hydrogen-bond donors (Lipinski definition) is 2. The Bertz CT molecular complexity index is 348. The van der Waals surface area contributed by atoms with Crippen molar-refractivity contribution in [2.75, 3.05) is 33.3 Å². The van der Waals surface area contributed by atoms with E-state index in [1.165, 1.54) is 77.3 Å². The molecule has 0 aromatic rings. The van der Waals surface area contributed by atoms with Crippen LogP contribution in [0.1, 0.15) is 96.8 Å². The molecule has 0 aromatic heterocycles. The van der Waals surface area contributed by atoms with Crippen LogP contribution in [0.3, 0.4) is 0 Å². The van der Waals surface area contributed by atoms with Crippen LogP contribution < -0.4 is 17.0 Å². The molecule has 0 aliphatic heterocycles. The van der Waals surface area contributed by atoms with E-state index in [4.69, 9.17) is 9.79 Å². The maximum Gasteiger partial charge on any atom is 0.325 e. The molecule has 0 rings (SSSR count). The molecule has 4 nitrogen and oxygen atoms in total. The first-order valence-corrected chi connectivity index (χ1v) is 12.4. The summed E-state index contributed by atoms with van der Waals surface area (Å²) in [6.07, 6.45) is 17.7. The lowest BCUT2D eigenvalue weighted by Crippen LogP contribution is -3.00. The minimum Gasteiger partial charge on any atom is -1.00 e. The van der Waals surface area contributed by atoms with Crippen LogP contribution in [0.4, 0.5) is 0 Å². The number of hydrogen-bond acceptors (Lipinski definition) is 1. The fourth-order valence-electron chi connectivity index (χ4n) is 3.35. The first kappa shape index (κ1) is 28.8. The predicted octanol–water partition coefficient (Wildman–Crippen LogP) is 2.73. The second-order valence-corrected chi connectivity index (χ2v) is 10.1. The monoisotopic (exact) mass is 457 g/mol. The Balaban J connectivity index is 0. The van der Waals surface area contributed by atoms with Gasteiger partial charge < -0.3 is 31.3 Å². The summed E-state index contributed by atoms with van der Waals surface area (Å²) in [5.41, 5.74) is 0. The summed E-state index contributed by atoms with van der Waals surface area (Å²) < 4.78 is 11.9. The van der Waals surface area contributed by atoms with Gasteiger partial charge in [-0.2, -0.15) is 0 Å². The van der Waals surface area contributed by atoms with Gasteiger partial charge >= 0.3 is 7.60 Å². The second kappa shape index (κ2) is 17.7. The van der Waals surface area contributed by atoms with Crippen LogP contribution in [0.25, 0.3) is 0 Å². The van der Waals surface area contributed by atoms with Gasteiger partial charge in [-0.15, -0.1) is 0 Å². The van der Waals surface area contributed by atoms with Gasteiger partial charge in [0, 0.05) is 6.16 Å². The van der Waals surface area contributed by atoms with Crippen molar-refractivity contribution in [2.24, 2.45) is 0 Å². The molecule has 0 amide bonds. The molecule has 0 radical (unpaired) electrons. The van der Waals surface area contributed by atoms with Gasteiger partial charge in [-0.1, -0.05) is 64.7 Å². The van der Waals surface area contributed by atoms with Crippen LogP contribution >= 0.6 is 7.60 Å². The van der Waals surface area contributed by atoms with Crippen molar-refractivity contribution < 1.29 is 35.8 Å². The van der Waals surface area contributed by atoms with Gasteiger partial charge in [0.25, 0.3) is 0 Å². The maximum absolute atomic E-state index is 10.8. The minimum atomic E-state index is -3.79. The van der Waals surface area contributed by atoms with E-state index in [1.807, 2.05) is 0 Å². The molecule has 0 saturated heterocycles. The Labute approximate surface area is 173 Å². The molecule has 6 heteroatoms. The van der Waals surface area contributed by atoms with Crippen molar-refractivity contribution >= 4 is 7.60 Å². The zero-order valence-corrected chi connectivity index (χ0v) is 20.1. The van der Waals surface area contributed by atoms with E-state index in [9.17, 15) is 4.57 Å². The molecule has 0 aromatic carbocycles. The fraction of sp³-hybridized carbons (Fsp3) is 1.00. The third kappa shape index (κ3) is 22.6. The summed E-state index contributed by atoms with van der Waals surface area (Å²) in [5.74, 6) is 0. The molecule has 0 saturated carbocycles. The number of unbranched alkanes of at least 4 members (excludes halogenated alkanes) is 12. The van der Waals surface area contributed by atoms with Crippen molar-refractivity contribution in [3.8, 4) is 0 Å². The third-order valence-corrected chi connectivity index (χ3v) is 5.98. The predicted molar refractivity (Wildman–Crippen MR) is 109 cm³/mol. The summed E-state index contributed by atoms with van der Waals surface area (Å²) in [6.45, 7) is 4.69. The molecule has 160 valence electrons. The Kier molecular flexibility index (Phi) is 19.6. The Morgan fingerprint density at radius 2 is 1.00 bits per heavy atom. The first-order chi connectivity index (χ1) is 11.8. The van der Waals surface area contributed by atoms with Crippen molar-refractivity contribution in [2.45, 2.75) is 96.8 Å². The second-order valence-electron chi connectivity index (χ2n) is 8.37. The summed E-state index contributed by atoms with van der Waals surface area (Å²) in [7, 11) is 0.833. The maximum atomic E-state index is 10.8. The average Bonchev–Trinajstić information content (AvgIpc) is 2.51. The summed E-state index contributed by atoms with van der Waals surface area (Å²) >= 11 is 0. The highest BCUT2D eigenvalue weighted by atomic mass is 79.9. The fourth-order valence-corrected chi connectivity index (χ4v) is 3.99. The van der Waals surface area contributed by atoms with Gasteiger partial charge in [0.2, 0.25) is 0 Å². The molecule has 0 spiro atoms. The zero-order chi connectivity index (χ0) is 19.0. The normalized spacial score (nSPS) is 12.2. The summed E-state index contributed by atoms with van der Waals surface area (Å²) in [5, 5.41) is 0. The molecule has 26 heavy (non-hydrogen) atoms. The van der Waals surface area contributed by atoms with E-state index in [2.05, 4.69) is 21.0 Å². The first-order valence-electron chi connectivity index (χ1n) is 10.6. The standard InChI is InChI=1S/C20H44NO3P.BrH/c1-4-5-6-7-8-9-10-11-12-15-18-21(2,3)19-16-13-14-17-20-25(22,23)24;/h4-20H2,1-3H3,(H-,22,23,24);1H. The van der Waals surface area contributed by atoms with E-state index < -0.39 is 7.60 Å². The molecule has 0 aliphatic carbocycles. The Morgan fingerprint density at radius 1 is 0.654 bits per heavy atom. The largest absolute Gasteiger partial charge is 1.00 e. The van der Waals surface area contributed by atoms with E-state index >= 15 is 0 Å². The van der Waals surface area contributed by atoms with Crippen molar-refractivity contribution in [1.82, 2.24) is 0 Å². The van der Waals surface area contributed by atoms with E-state index in [0.717, 1.165) is 23.7 Å². The van der Waals surface area contributed by atoms with Crippen LogP contribution in [0.15, 0.2) is 0 Å². The lowest BCUT2D eigenvalue weighted by molar-refractivity contribution is -0.890. The van der Waals surface area contributed by atoms with Gasteiger partial charge in [0.1, 0.15) is 0 Å². The molecule has 0 unspecified atom stereocenters. The lowest BCUT2D eigenvalue weighted by Gasteiger charge is -2.30. The SMILES string of the molecule is CCCCCCCCCCCC[N+](C)(C)CCCCCCP(=O)(O)O.[Br-]. The minimum absolute atomic E-state index is 0. The van der Waals surface area contributed by atoms with Crippen molar-refractivity contribution in [3.05, 3.63) is 0 Å². The molecule has 0 aliphatic rings. The van der Waals surface area contributed by atoms with Crippen LogP contribution in [-0.4, -0.2) is 47.6 Å². The van der Waals surface area contributed by atoms with Crippen LogP contribution in [0.5, 0.6) is 0 Å². The van der Waals surface area contributed by atoms with Crippen LogP contribution in [0.2, 0.25) is 0 Å². The number of nitrogens with zero attached hydrogens (tertiary/aromatic N) is 1. The van der Waals surface area contributed by atoms with Gasteiger partial charge in [0.05, 0.1) is 27.2 Å². The summed E-state index contributed by atoms with van der Waals surface area (Å²) in [4.78, 5) is 17.7. The van der Waals surface area contributed by atoms with Gasteiger partial charge in [0.15, 0.2) is 0 Å². The molecule has 0 bridgehead atoms. The molecule has 0 heterocycles. The molecular formula is C20H45BrNO3P. The van der Waals surface area contributed by atoms with Gasteiger partial charge in [-0.25, -0.2) is 0 Å². The molecule has 0 atom stereocenters. The highest BCUT2D eigenvalue weighted by Gasteiger charge is 2.14. The third-order valence-electron chi connectivity index (χ3n) is 5.08. The van der Waals surface area contributed by atoms with Gasteiger partial charge in [-0.05, 0) is 32.1 Å². The van der Waals surface area contributed by atoms with Crippen molar-refractivity contribution in [3.63, 3.8) is 0 Å². The highest BCUT2D eigenvalue weighted by Crippen LogP contribution is 2.35. The van der Waals surface area contributed by atoms with E-state index in [0.29, 0.717) is 6.42 Å². The van der Waals surface area contributed by atoms with Crippen molar-refractivity contribution in [1.29, 1.82) is 0 Å². The average molecular weight is 458 g/mol. The van der Waals surface area contributed by atoms with Crippen LogP contribution in [0, 0.1) is 0 Å². The number of quaternary nitrogens is 1. The number of rotatable bonds is 18. The van der Waals surface area contributed by atoms with Gasteiger partial charge in [-0.3, -0.25) is 4.57 Å². The molecular weight excluding hydrogens is 413 g/mol. The highest BCUT2D eigenvalue weighted by molar-refractivity contribution is 7.51. The summed E-state index contributed by atoms with van der Waals surface area (Å²) in [6, 6.07) is 0. The lowest BCUT2D eigenvalue weighted by atomic mass is 10.1. The van der Waals surface area contributed by atoms with E-state index in [1.54, 1.807) is 0 Å². The van der Waals surface area contributed by atoms with Crippen LogP contribution in [-0.2, 0) is 4.57 Å².